The molecule has 3 aromatic heterocycles. The Balaban J connectivity index is 1.46. The second-order valence-electron chi connectivity index (χ2n) is 11.3. The summed E-state index contributed by atoms with van der Waals surface area (Å²) in [4.78, 5) is 18.7. The standard InChI is InChI=1S/C30H31F2N7O2S/c1-19(2)39(42(4,41)28-18-37(3)36-35-28)25-8-5-21-13-27-20(17-34-38(27)24-9-6-22(31)7-10-24)15-30(21,16-25)29(40)26-14-23(32)11-12-33-26/h6-7,9-14,17-19,25H,4-5,8,15-16H2,1-3H3/t25-,30-,42?/m0/s1. The molecule has 0 bridgehead atoms. The van der Waals surface area contributed by atoms with E-state index in [4.69, 9.17) is 0 Å². The second kappa shape index (κ2) is 10.4. The maximum Gasteiger partial charge on any atom is 0.191 e. The van der Waals surface area contributed by atoms with Crippen LogP contribution in [0.5, 0.6) is 0 Å². The van der Waals surface area contributed by atoms with Crippen molar-refractivity contribution in [3.05, 3.63) is 89.1 Å². The number of pyridine rings is 1. The Labute approximate surface area is 243 Å². The number of aryl methyl sites for hydroxylation is 1. The third-order valence-corrected chi connectivity index (χ3v) is 10.5. The maximum atomic E-state index is 14.4. The summed E-state index contributed by atoms with van der Waals surface area (Å²) >= 11 is 0. The third-order valence-electron chi connectivity index (χ3n) is 8.21. The van der Waals surface area contributed by atoms with Crippen molar-refractivity contribution in [1.29, 1.82) is 0 Å². The zero-order chi connectivity index (χ0) is 29.8. The first-order chi connectivity index (χ1) is 20.0. The SMILES string of the molecule is C=S(=O)(c1cn(C)nn1)N(C(C)C)[C@H]1CCC2=Cc3c(cnn3-c3ccc(F)cc3)C[C@]2(C(=O)c2cc(F)ccn2)C1. The Hall–Kier alpha value is -4.03. The van der Waals surface area contributed by atoms with E-state index in [1.165, 1.54) is 35.1 Å². The minimum Gasteiger partial charge on any atom is -0.291 e. The quantitative estimate of drug-likeness (QED) is 0.233. The Bertz CT molecular complexity index is 1810. The molecule has 0 saturated heterocycles. The van der Waals surface area contributed by atoms with Crippen LogP contribution in [0.1, 0.15) is 54.9 Å². The summed E-state index contributed by atoms with van der Waals surface area (Å²) in [5, 5.41) is 12.9. The lowest BCUT2D eigenvalue weighted by Crippen LogP contribution is -2.52. The molecule has 1 aromatic carbocycles. The number of carbonyl (C=O) groups is 1. The summed E-state index contributed by atoms with van der Waals surface area (Å²) in [5.74, 6) is 2.92. The Morgan fingerprint density at radius 3 is 2.62 bits per heavy atom. The van der Waals surface area contributed by atoms with Gasteiger partial charge in [-0.2, -0.15) is 5.10 Å². The monoisotopic (exact) mass is 591 g/mol. The summed E-state index contributed by atoms with van der Waals surface area (Å²) in [6.45, 7) is 3.89. The highest BCUT2D eigenvalue weighted by atomic mass is 32.2. The predicted molar refractivity (Wildman–Crippen MR) is 155 cm³/mol. The van der Waals surface area contributed by atoms with Crippen LogP contribution in [0.4, 0.5) is 8.78 Å². The van der Waals surface area contributed by atoms with E-state index in [0.717, 1.165) is 16.8 Å². The molecule has 218 valence electrons. The lowest BCUT2D eigenvalue weighted by atomic mass is 9.60. The molecule has 12 heteroatoms. The number of nitrogens with zero attached hydrogens (tertiary/aromatic N) is 7. The lowest BCUT2D eigenvalue weighted by molar-refractivity contribution is 0.0725. The van der Waals surface area contributed by atoms with Crippen molar-refractivity contribution >= 4 is 27.4 Å². The van der Waals surface area contributed by atoms with Gasteiger partial charge in [0.05, 0.1) is 38.9 Å². The van der Waals surface area contributed by atoms with Gasteiger partial charge in [0.15, 0.2) is 10.8 Å². The molecular formula is C30H31F2N7O2S. The van der Waals surface area contributed by atoms with E-state index in [9.17, 15) is 17.8 Å². The third kappa shape index (κ3) is 4.68. The van der Waals surface area contributed by atoms with Gasteiger partial charge in [-0.05, 0) is 87.4 Å². The topological polar surface area (TPSA) is 98.8 Å². The van der Waals surface area contributed by atoms with Gasteiger partial charge in [0.1, 0.15) is 17.3 Å². The van der Waals surface area contributed by atoms with Gasteiger partial charge in [-0.1, -0.05) is 10.8 Å². The fourth-order valence-electron chi connectivity index (χ4n) is 6.45. The van der Waals surface area contributed by atoms with Crippen LogP contribution in [0.3, 0.4) is 0 Å². The first kappa shape index (κ1) is 28.1. The fraction of sp³-hybridized carbons (Fsp3) is 0.333. The van der Waals surface area contributed by atoms with Crippen LogP contribution >= 0.6 is 0 Å². The van der Waals surface area contributed by atoms with E-state index in [1.54, 1.807) is 36.3 Å². The summed E-state index contributed by atoms with van der Waals surface area (Å²) in [6, 6.07) is 7.94. The van der Waals surface area contributed by atoms with Crippen molar-refractivity contribution in [1.82, 2.24) is 34.1 Å². The molecule has 0 radical (unpaired) electrons. The molecule has 4 aromatic rings. The number of rotatable bonds is 7. The van der Waals surface area contributed by atoms with Gasteiger partial charge >= 0.3 is 0 Å². The number of hydrogen-bond donors (Lipinski definition) is 0. The fourth-order valence-corrected chi connectivity index (χ4v) is 8.49. The van der Waals surface area contributed by atoms with Crippen LogP contribution in [0.25, 0.3) is 11.8 Å². The molecule has 0 aliphatic heterocycles. The van der Waals surface area contributed by atoms with Crippen LogP contribution in [-0.2, 0) is 23.2 Å². The van der Waals surface area contributed by atoms with Gasteiger partial charge in [-0.25, -0.2) is 22.0 Å². The van der Waals surface area contributed by atoms with E-state index in [1.807, 2.05) is 24.2 Å². The summed E-state index contributed by atoms with van der Waals surface area (Å²) in [6.07, 6.45) is 8.36. The molecule has 9 nitrogen and oxygen atoms in total. The predicted octanol–water partition coefficient (Wildman–Crippen LogP) is 4.44. The van der Waals surface area contributed by atoms with Crippen molar-refractivity contribution in [2.24, 2.45) is 12.5 Å². The molecule has 2 aliphatic carbocycles. The van der Waals surface area contributed by atoms with E-state index in [0.29, 0.717) is 31.4 Å². The summed E-state index contributed by atoms with van der Waals surface area (Å²) in [7, 11) is -1.35. The van der Waals surface area contributed by atoms with E-state index in [-0.39, 0.29) is 34.4 Å². The van der Waals surface area contributed by atoms with Crippen molar-refractivity contribution < 1.29 is 17.8 Å². The highest BCUT2D eigenvalue weighted by molar-refractivity contribution is 7.98. The molecule has 1 unspecified atom stereocenters. The first-order valence-electron chi connectivity index (χ1n) is 13.7. The average molecular weight is 592 g/mol. The normalized spacial score (nSPS) is 21.5. The van der Waals surface area contributed by atoms with Gasteiger partial charge in [-0.15, -0.1) is 5.10 Å². The highest BCUT2D eigenvalue weighted by Crippen LogP contribution is 2.51. The van der Waals surface area contributed by atoms with Crippen molar-refractivity contribution in [3.8, 4) is 5.69 Å². The number of allylic oxidation sites excluding steroid dienone is 1. The zero-order valence-electron chi connectivity index (χ0n) is 23.6. The number of hydrogen-bond acceptors (Lipinski definition) is 6. The van der Waals surface area contributed by atoms with Crippen LogP contribution in [0, 0.1) is 17.0 Å². The molecule has 0 spiro atoms. The highest BCUT2D eigenvalue weighted by Gasteiger charge is 2.51. The first-order valence-corrected chi connectivity index (χ1v) is 15.4. The van der Waals surface area contributed by atoms with Crippen molar-refractivity contribution in [3.63, 3.8) is 0 Å². The molecule has 0 amide bonds. The Morgan fingerprint density at radius 2 is 1.95 bits per heavy atom. The van der Waals surface area contributed by atoms with Gasteiger partial charge in [0.2, 0.25) is 0 Å². The molecule has 3 atom stereocenters. The number of ketones is 1. The smallest absolute Gasteiger partial charge is 0.191 e. The van der Waals surface area contributed by atoms with E-state index < -0.39 is 20.9 Å². The molecule has 1 saturated carbocycles. The number of halogens is 2. The Kier molecular flexibility index (Phi) is 6.93. The molecular weight excluding hydrogens is 560 g/mol. The van der Waals surface area contributed by atoms with Crippen LogP contribution in [0.2, 0.25) is 0 Å². The largest absolute Gasteiger partial charge is 0.291 e. The molecule has 42 heavy (non-hydrogen) atoms. The average Bonchev–Trinajstić information content (AvgIpc) is 3.57. The molecule has 1 fully saturated rings. The molecule has 6 rings (SSSR count). The minimum atomic E-state index is -3.05. The number of aromatic nitrogens is 6. The van der Waals surface area contributed by atoms with Crippen molar-refractivity contribution in [2.75, 3.05) is 0 Å². The second-order valence-corrected chi connectivity index (χ2v) is 13.4. The minimum absolute atomic E-state index is 0.0382. The molecule has 2 aliphatic rings. The number of Topliss-reactive ketones (excluding diaryl/α,β-unsaturated/α-hetero) is 1. The van der Waals surface area contributed by atoms with Gasteiger partial charge in [0.25, 0.3) is 0 Å². The van der Waals surface area contributed by atoms with E-state index >= 15 is 0 Å². The number of carbonyl (C=O) groups excluding carboxylic acids is 1. The lowest BCUT2D eigenvalue weighted by Gasteiger charge is -2.48. The van der Waals surface area contributed by atoms with Crippen LogP contribution in [0.15, 0.2) is 65.6 Å². The van der Waals surface area contributed by atoms with Crippen molar-refractivity contribution in [2.45, 2.75) is 56.6 Å². The summed E-state index contributed by atoms with van der Waals surface area (Å²) in [5.41, 5.74) is 2.18. The van der Waals surface area contributed by atoms with Crippen LogP contribution in [-0.4, -0.2) is 62.0 Å². The maximum absolute atomic E-state index is 14.4. The molecule has 3 heterocycles. The summed E-state index contributed by atoms with van der Waals surface area (Å²) < 4.78 is 47.3. The Morgan fingerprint density at radius 1 is 1.19 bits per heavy atom. The van der Waals surface area contributed by atoms with Gasteiger partial charge in [-0.3, -0.25) is 14.5 Å². The molecule has 0 N–H and O–H groups in total. The number of fused-ring (bicyclic) bond motifs is 2. The zero-order valence-corrected chi connectivity index (χ0v) is 24.4. The van der Waals surface area contributed by atoms with Gasteiger partial charge < -0.3 is 0 Å². The van der Waals surface area contributed by atoms with E-state index in [2.05, 4.69) is 26.3 Å². The number of benzene rings is 1. The van der Waals surface area contributed by atoms with Gasteiger partial charge in [0, 0.05) is 31.4 Å². The van der Waals surface area contributed by atoms with Crippen LogP contribution < -0.4 is 0 Å².